The molecule has 1 heterocycles. The molecule has 0 bridgehead atoms. The molecule has 3 aromatic rings. The zero-order chi connectivity index (χ0) is 15.0. The summed E-state index contributed by atoms with van der Waals surface area (Å²) in [6, 6.07) is 8.12. The van der Waals surface area contributed by atoms with Crippen molar-refractivity contribution in [3.05, 3.63) is 61.7 Å². The molecular formula is C14H10BrClFN3O. The molecule has 0 spiro atoms. The average Bonchev–Trinajstić information content (AvgIpc) is 2.76. The highest BCUT2D eigenvalue weighted by molar-refractivity contribution is 9.10. The molecule has 7 heteroatoms. The van der Waals surface area contributed by atoms with Crippen LogP contribution in [0.5, 0.6) is 0 Å². The molecule has 0 saturated carbocycles. The third-order valence-electron chi connectivity index (χ3n) is 3.09. The molecule has 0 saturated heterocycles. The van der Waals surface area contributed by atoms with Crippen LogP contribution in [0, 0.1) is 5.82 Å². The number of anilines is 1. The van der Waals surface area contributed by atoms with Crippen LogP contribution in [-0.2, 0) is 6.54 Å². The molecule has 0 fully saturated rings. The first kappa shape index (κ1) is 14.2. The normalized spacial score (nSPS) is 11.0. The van der Waals surface area contributed by atoms with Crippen molar-refractivity contribution in [3.8, 4) is 0 Å². The number of benzene rings is 2. The van der Waals surface area contributed by atoms with Gasteiger partial charge in [-0.25, -0.2) is 9.18 Å². The van der Waals surface area contributed by atoms with Crippen molar-refractivity contribution >= 4 is 44.3 Å². The second kappa shape index (κ2) is 5.54. The summed E-state index contributed by atoms with van der Waals surface area (Å²) in [6.07, 6.45) is 0. The van der Waals surface area contributed by atoms with Crippen LogP contribution >= 0.6 is 27.5 Å². The number of fused-ring (bicyclic) bond motifs is 1. The van der Waals surface area contributed by atoms with Crippen LogP contribution in [0.25, 0.3) is 11.0 Å². The summed E-state index contributed by atoms with van der Waals surface area (Å²) in [6.45, 7) is 0.307. The van der Waals surface area contributed by atoms with Crippen LogP contribution in [0.3, 0.4) is 0 Å². The van der Waals surface area contributed by atoms with Crippen LogP contribution in [0.4, 0.5) is 10.1 Å². The Kier molecular flexibility index (Phi) is 3.73. The van der Waals surface area contributed by atoms with E-state index in [9.17, 15) is 9.18 Å². The molecule has 0 aliphatic rings. The number of aromatic nitrogens is 2. The molecule has 0 radical (unpaired) electrons. The molecule has 0 unspecified atom stereocenters. The van der Waals surface area contributed by atoms with Crippen LogP contribution in [0.2, 0.25) is 5.02 Å². The number of aromatic amines is 2. The summed E-state index contributed by atoms with van der Waals surface area (Å²) in [5.41, 5.74) is 2.39. The van der Waals surface area contributed by atoms with Gasteiger partial charge in [-0.15, -0.1) is 0 Å². The Hall–Kier alpha value is -1.79. The van der Waals surface area contributed by atoms with E-state index < -0.39 is 0 Å². The zero-order valence-corrected chi connectivity index (χ0v) is 13.0. The molecule has 3 rings (SSSR count). The second-order valence-corrected chi connectivity index (χ2v) is 5.84. The molecule has 2 aromatic carbocycles. The summed E-state index contributed by atoms with van der Waals surface area (Å²) >= 11 is 9.14. The number of rotatable bonds is 3. The smallest absolute Gasteiger partial charge is 0.323 e. The number of imidazole rings is 1. The molecule has 1 aromatic heterocycles. The van der Waals surface area contributed by atoms with Gasteiger partial charge in [-0.05, 0) is 40.2 Å². The lowest BCUT2D eigenvalue weighted by atomic mass is 10.2. The Morgan fingerprint density at radius 1 is 1.19 bits per heavy atom. The minimum Gasteiger partial charge on any atom is -0.380 e. The fourth-order valence-electron chi connectivity index (χ4n) is 2.05. The molecular weight excluding hydrogens is 361 g/mol. The van der Waals surface area contributed by atoms with Crippen LogP contribution in [-0.4, -0.2) is 9.97 Å². The Labute approximate surface area is 132 Å². The molecule has 4 nitrogen and oxygen atoms in total. The third kappa shape index (κ3) is 2.96. The monoisotopic (exact) mass is 369 g/mol. The lowest BCUT2D eigenvalue weighted by molar-refractivity contribution is 0.613. The van der Waals surface area contributed by atoms with Crippen LogP contribution < -0.4 is 11.0 Å². The van der Waals surface area contributed by atoms with Crippen LogP contribution in [0.1, 0.15) is 5.56 Å². The maximum Gasteiger partial charge on any atom is 0.323 e. The van der Waals surface area contributed by atoms with E-state index in [1.807, 2.05) is 0 Å². The summed E-state index contributed by atoms with van der Waals surface area (Å²) < 4.78 is 14.5. The number of H-pyrrole nitrogens is 2. The van der Waals surface area contributed by atoms with Gasteiger partial charge in [0.25, 0.3) is 0 Å². The number of nitrogens with one attached hydrogen (secondary N) is 3. The summed E-state index contributed by atoms with van der Waals surface area (Å²) in [7, 11) is 0. The van der Waals surface area contributed by atoms with Gasteiger partial charge in [0.15, 0.2) is 0 Å². The molecule has 0 aliphatic carbocycles. The standard InChI is InChI=1S/C14H10BrClFN3O/c15-9-4-12-13(20-14(21)19-12)5-11(9)18-6-7-1-2-8(16)3-10(7)17/h1-5,18H,6H2,(H2,19,20,21). The van der Waals surface area contributed by atoms with Gasteiger partial charge in [0.05, 0.1) is 16.7 Å². The summed E-state index contributed by atoms with van der Waals surface area (Å²) in [5, 5.41) is 3.49. The Balaban J connectivity index is 1.87. The molecule has 0 aliphatic heterocycles. The van der Waals surface area contributed by atoms with Crippen molar-refractivity contribution in [2.75, 3.05) is 5.32 Å². The van der Waals surface area contributed by atoms with Gasteiger partial charge in [-0.1, -0.05) is 17.7 Å². The first-order valence-corrected chi connectivity index (χ1v) is 7.29. The lowest BCUT2D eigenvalue weighted by Gasteiger charge is -2.10. The van der Waals surface area contributed by atoms with E-state index in [0.717, 1.165) is 10.2 Å². The average molecular weight is 371 g/mol. The van der Waals surface area contributed by atoms with Gasteiger partial charge in [0.1, 0.15) is 5.82 Å². The Morgan fingerprint density at radius 3 is 2.62 bits per heavy atom. The molecule has 0 amide bonds. The maximum atomic E-state index is 13.7. The van der Waals surface area contributed by atoms with E-state index in [1.54, 1.807) is 24.3 Å². The van der Waals surface area contributed by atoms with E-state index in [2.05, 4.69) is 31.2 Å². The largest absolute Gasteiger partial charge is 0.380 e. The lowest BCUT2D eigenvalue weighted by Crippen LogP contribution is -2.02. The van der Waals surface area contributed by atoms with Gasteiger partial charge >= 0.3 is 5.69 Å². The zero-order valence-electron chi connectivity index (χ0n) is 10.6. The third-order valence-corrected chi connectivity index (χ3v) is 3.98. The maximum absolute atomic E-state index is 13.7. The predicted molar refractivity (Wildman–Crippen MR) is 85.4 cm³/mol. The summed E-state index contributed by atoms with van der Waals surface area (Å²) in [4.78, 5) is 16.6. The minimum atomic E-state index is -0.359. The number of halogens is 3. The number of hydrogen-bond donors (Lipinski definition) is 3. The van der Waals surface area contributed by atoms with Gasteiger partial charge in [0, 0.05) is 21.6 Å². The number of hydrogen-bond acceptors (Lipinski definition) is 2. The van der Waals surface area contributed by atoms with Gasteiger partial charge in [-0.3, -0.25) is 0 Å². The van der Waals surface area contributed by atoms with E-state index in [1.165, 1.54) is 6.07 Å². The van der Waals surface area contributed by atoms with Crippen molar-refractivity contribution in [2.24, 2.45) is 0 Å². The quantitative estimate of drug-likeness (QED) is 0.652. The molecule has 21 heavy (non-hydrogen) atoms. The van der Waals surface area contributed by atoms with Gasteiger partial charge < -0.3 is 15.3 Å². The van der Waals surface area contributed by atoms with Crippen LogP contribution in [0.15, 0.2) is 39.6 Å². The Bertz CT molecular complexity index is 874. The fourth-order valence-corrected chi connectivity index (χ4v) is 2.69. The topological polar surface area (TPSA) is 60.7 Å². The minimum absolute atomic E-state index is 0.266. The first-order valence-electron chi connectivity index (χ1n) is 6.12. The van der Waals surface area contributed by atoms with E-state index in [0.29, 0.717) is 28.2 Å². The molecule has 3 N–H and O–H groups in total. The first-order chi connectivity index (χ1) is 10.0. The highest BCUT2D eigenvalue weighted by Gasteiger charge is 2.07. The second-order valence-electron chi connectivity index (χ2n) is 4.55. The predicted octanol–water partition coefficient (Wildman–Crippen LogP) is 4.02. The van der Waals surface area contributed by atoms with Gasteiger partial charge in [-0.2, -0.15) is 0 Å². The highest BCUT2D eigenvalue weighted by atomic mass is 79.9. The van der Waals surface area contributed by atoms with Crippen molar-refractivity contribution in [1.29, 1.82) is 0 Å². The summed E-state index contributed by atoms with van der Waals surface area (Å²) in [5.74, 6) is -0.359. The fraction of sp³-hybridized carbons (Fsp3) is 0.0714. The van der Waals surface area contributed by atoms with Gasteiger partial charge in [0.2, 0.25) is 0 Å². The van der Waals surface area contributed by atoms with E-state index in [-0.39, 0.29) is 11.5 Å². The molecule has 108 valence electrons. The van der Waals surface area contributed by atoms with Crippen molar-refractivity contribution in [1.82, 2.24) is 9.97 Å². The van der Waals surface area contributed by atoms with Crippen molar-refractivity contribution < 1.29 is 4.39 Å². The highest BCUT2D eigenvalue weighted by Crippen LogP contribution is 2.27. The molecule has 0 atom stereocenters. The SMILES string of the molecule is O=c1[nH]c2cc(Br)c(NCc3ccc(Cl)cc3F)cc2[nH]1. The van der Waals surface area contributed by atoms with Crippen molar-refractivity contribution in [2.45, 2.75) is 6.54 Å². The Morgan fingerprint density at radius 2 is 1.90 bits per heavy atom. The van der Waals surface area contributed by atoms with Crippen molar-refractivity contribution in [3.63, 3.8) is 0 Å². The van der Waals surface area contributed by atoms with E-state index in [4.69, 9.17) is 11.6 Å². The van der Waals surface area contributed by atoms with E-state index >= 15 is 0 Å².